The molecule has 0 unspecified atom stereocenters. The fourth-order valence-corrected chi connectivity index (χ4v) is 3.44. The van der Waals surface area contributed by atoms with Crippen molar-refractivity contribution in [2.24, 2.45) is 0 Å². The Hall–Kier alpha value is -2.67. The summed E-state index contributed by atoms with van der Waals surface area (Å²) in [4.78, 5) is 0. The lowest BCUT2D eigenvalue weighted by atomic mass is 10.1. The second-order valence-corrected chi connectivity index (χ2v) is 7.22. The van der Waals surface area contributed by atoms with Gasteiger partial charge in [-0.25, -0.2) is 4.39 Å². The molecule has 0 amide bonds. The lowest BCUT2D eigenvalue weighted by molar-refractivity contribution is -0.00000866. The average Bonchev–Trinajstić information content (AvgIpc) is 3.22. The monoisotopic (exact) mass is 464 g/mol. The third kappa shape index (κ3) is 5.73. The summed E-state index contributed by atoms with van der Waals surface area (Å²) in [7, 11) is 1.57. The van der Waals surface area contributed by atoms with Gasteiger partial charge < -0.3 is 36.7 Å². The highest BCUT2D eigenvalue weighted by atomic mass is 35.5. The van der Waals surface area contributed by atoms with E-state index in [1.165, 1.54) is 12.1 Å². The van der Waals surface area contributed by atoms with Crippen LogP contribution in [0, 0.1) is 5.82 Å². The van der Waals surface area contributed by atoms with Gasteiger partial charge in [0.2, 0.25) is 6.79 Å². The van der Waals surface area contributed by atoms with Crippen molar-refractivity contribution in [3.05, 3.63) is 82.1 Å². The summed E-state index contributed by atoms with van der Waals surface area (Å²) in [6.07, 6.45) is 0. The minimum Gasteiger partial charge on any atom is -1.00 e. The normalized spacial score (nSPS) is 11.7. The van der Waals surface area contributed by atoms with Crippen LogP contribution in [0.25, 0.3) is 0 Å². The van der Waals surface area contributed by atoms with Crippen molar-refractivity contribution in [1.29, 1.82) is 0 Å². The van der Waals surface area contributed by atoms with Crippen LogP contribution in [0.15, 0.2) is 54.6 Å². The molecule has 0 aliphatic carbocycles. The summed E-state index contributed by atoms with van der Waals surface area (Å²) in [5.41, 5.74) is 2.90. The minimum absolute atomic E-state index is 0. The molecular formula is C23H21Cl2FNO4-. The molecular weight excluding hydrogens is 444 g/mol. The van der Waals surface area contributed by atoms with E-state index in [1.54, 1.807) is 19.2 Å². The molecule has 31 heavy (non-hydrogen) atoms. The highest BCUT2D eigenvalue weighted by Gasteiger charge is 2.14. The first kappa shape index (κ1) is 23.0. The Bertz CT molecular complexity index is 1030. The number of benzene rings is 3. The number of fused-ring (bicyclic) bond motifs is 1. The highest BCUT2D eigenvalue weighted by molar-refractivity contribution is 6.32. The number of ether oxygens (including phenoxy) is 4. The van der Waals surface area contributed by atoms with Crippen molar-refractivity contribution < 1.29 is 35.7 Å². The van der Waals surface area contributed by atoms with E-state index in [-0.39, 0.29) is 31.6 Å². The van der Waals surface area contributed by atoms with Crippen LogP contribution in [-0.2, 0) is 19.7 Å². The molecule has 0 fully saturated rings. The van der Waals surface area contributed by atoms with Crippen LogP contribution in [-0.4, -0.2) is 13.9 Å². The third-order valence-electron chi connectivity index (χ3n) is 4.68. The molecule has 164 valence electrons. The van der Waals surface area contributed by atoms with Crippen LogP contribution in [0.2, 0.25) is 5.02 Å². The largest absolute Gasteiger partial charge is 1.00 e. The number of methoxy groups -OCH3 is 1. The second-order valence-electron chi connectivity index (χ2n) is 6.82. The minimum atomic E-state index is -0.285. The zero-order valence-corrected chi connectivity index (χ0v) is 18.3. The van der Waals surface area contributed by atoms with Gasteiger partial charge in [-0.05, 0) is 53.1 Å². The van der Waals surface area contributed by atoms with Gasteiger partial charge in [0, 0.05) is 13.1 Å². The molecule has 0 atom stereocenters. The van der Waals surface area contributed by atoms with E-state index in [2.05, 4.69) is 5.32 Å². The average molecular weight is 465 g/mol. The highest BCUT2D eigenvalue weighted by Crippen LogP contribution is 2.37. The standard InChI is InChI=1S/C23H21ClFNO4.ClH/c1-27-22-10-17(12-26-11-16-4-7-20-21(9-16)30-14-29-20)8-19(24)23(22)28-13-15-2-5-18(25)6-3-15;/h2-10,26H,11-14H2,1H3;1H/p-1. The number of hydrogen-bond donors (Lipinski definition) is 1. The van der Waals surface area contributed by atoms with Gasteiger partial charge in [0.1, 0.15) is 12.4 Å². The fourth-order valence-electron chi connectivity index (χ4n) is 3.15. The molecule has 5 nitrogen and oxygen atoms in total. The molecule has 8 heteroatoms. The first-order chi connectivity index (χ1) is 14.6. The zero-order chi connectivity index (χ0) is 20.9. The number of hydrogen-bond acceptors (Lipinski definition) is 5. The van der Waals surface area contributed by atoms with Crippen molar-refractivity contribution in [3.63, 3.8) is 0 Å². The van der Waals surface area contributed by atoms with Gasteiger partial charge in [-0.2, -0.15) is 0 Å². The Balaban J connectivity index is 0.00000272. The Morgan fingerprint density at radius 2 is 1.65 bits per heavy atom. The molecule has 1 aliphatic heterocycles. The van der Waals surface area contributed by atoms with E-state index in [4.69, 9.17) is 30.5 Å². The van der Waals surface area contributed by atoms with E-state index in [1.807, 2.05) is 30.3 Å². The van der Waals surface area contributed by atoms with Gasteiger partial charge in [-0.1, -0.05) is 29.8 Å². The topological polar surface area (TPSA) is 49.0 Å². The Kier molecular flexibility index (Phi) is 7.85. The second kappa shape index (κ2) is 10.6. The molecule has 1 N–H and O–H groups in total. The molecule has 1 heterocycles. The van der Waals surface area contributed by atoms with E-state index in [0.29, 0.717) is 29.6 Å². The molecule has 0 saturated heterocycles. The summed E-state index contributed by atoms with van der Waals surface area (Å²) in [5.74, 6) is 2.26. The van der Waals surface area contributed by atoms with Gasteiger partial charge in [0.15, 0.2) is 23.0 Å². The number of halogens is 3. The smallest absolute Gasteiger partial charge is 0.231 e. The van der Waals surface area contributed by atoms with E-state index in [9.17, 15) is 4.39 Å². The van der Waals surface area contributed by atoms with Gasteiger partial charge in [-0.3, -0.25) is 0 Å². The molecule has 0 bridgehead atoms. The lowest BCUT2D eigenvalue weighted by Gasteiger charge is -2.15. The zero-order valence-electron chi connectivity index (χ0n) is 16.8. The lowest BCUT2D eigenvalue weighted by Crippen LogP contribution is -3.00. The predicted molar refractivity (Wildman–Crippen MR) is 112 cm³/mol. The van der Waals surface area contributed by atoms with Crippen molar-refractivity contribution in [2.45, 2.75) is 19.7 Å². The summed E-state index contributed by atoms with van der Waals surface area (Å²) >= 11 is 6.44. The van der Waals surface area contributed by atoms with Crippen molar-refractivity contribution >= 4 is 11.6 Å². The van der Waals surface area contributed by atoms with E-state index in [0.717, 1.165) is 28.2 Å². The van der Waals surface area contributed by atoms with E-state index < -0.39 is 0 Å². The van der Waals surface area contributed by atoms with Crippen LogP contribution in [0.4, 0.5) is 4.39 Å². The summed E-state index contributed by atoms with van der Waals surface area (Å²) in [6.45, 7) is 1.79. The molecule has 0 radical (unpaired) electrons. The maximum absolute atomic E-state index is 13.0. The summed E-state index contributed by atoms with van der Waals surface area (Å²) in [5, 5.41) is 3.84. The van der Waals surface area contributed by atoms with Crippen molar-refractivity contribution in [3.8, 4) is 23.0 Å². The number of nitrogens with one attached hydrogen (secondary N) is 1. The van der Waals surface area contributed by atoms with Crippen LogP contribution in [0.5, 0.6) is 23.0 Å². The fraction of sp³-hybridized carbons (Fsp3) is 0.217. The maximum atomic E-state index is 13.0. The van der Waals surface area contributed by atoms with Crippen LogP contribution in [0.1, 0.15) is 16.7 Å². The number of rotatable bonds is 8. The third-order valence-corrected chi connectivity index (χ3v) is 4.96. The first-order valence-corrected chi connectivity index (χ1v) is 9.83. The van der Waals surface area contributed by atoms with Crippen molar-refractivity contribution in [1.82, 2.24) is 5.32 Å². The van der Waals surface area contributed by atoms with Gasteiger partial charge in [0.05, 0.1) is 12.1 Å². The Morgan fingerprint density at radius 3 is 2.42 bits per heavy atom. The summed E-state index contributed by atoms with van der Waals surface area (Å²) < 4.78 is 35.1. The molecule has 3 aromatic carbocycles. The quantitative estimate of drug-likeness (QED) is 0.553. The first-order valence-electron chi connectivity index (χ1n) is 9.45. The maximum Gasteiger partial charge on any atom is 0.231 e. The molecule has 0 saturated carbocycles. The summed E-state index contributed by atoms with van der Waals surface area (Å²) in [6, 6.07) is 15.7. The molecule has 3 aromatic rings. The molecule has 0 spiro atoms. The van der Waals surface area contributed by atoms with Crippen LogP contribution in [0.3, 0.4) is 0 Å². The predicted octanol–water partition coefficient (Wildman–Crippen LogP) is 2.09. The Morgan fingerprint density at radius 1 is 0.935 bits per heavy atom. The molecule has 0 aromatic heterocycles. The van der Waals surface area contributed by atoms with Crippen molar-refractivity contribution in [2.75, 3.05) is 13.9 Å². The van der Waals surface area contributed by atoms with Crippen LogP contribution < -0.4 is 36.7 Å². The van der Waals surface area contributed by atoms with Crippen LogP contribution >= 0.6 is 11.6 Å². The SMILES string of the molecule is COc1cc(CNCc2ccc3c(c2)OCO3)cc(Cl)c1OCc1ccc(F)cc1.[Cl-]. The molecule has 1 aliphatic rings. The molecule has 4 rings (SSSR count). The Labute approximate surface area is 191 Å². The van der Waals surface area contributed by atoms with Gasteiger partial charge in [-0.15, -0.1) is 0 Å². The van der Waals surface area contributed by atoms with Gasteiger partial charge in [0.25, 0.3) is 0 Å². The van der Waals surface area contributed by atoms with E-state index >= 15 is 0 Å². The van der Waals surface area contributed by atoms with Gasteiger partial charge >= 0.3 is 0 Å².